The average molecular weight is 297 g/mol. The van der Waals surface area contributed by atoms with Gasteiger partial charge in [-0.2, -0.15) is 0 Å². The molecule has 1 aliphatic heterocycles. The molecule has 0 atom stereocenters. The van der Waals surface area contributed by atoms with Gasteiger partial charge in [-0.1, -0.05) is 0 Å². The minimum absolute atomic E-state index is 0.00938. The predicted octanol–water partition coefficient (Wildman–Crippen LogP) is 0.171. The quantitative estimate of drug-likeness (QED) is 0.601. The molecule has 0 radical (unpaired) electrons. The zero-order valence-electron chi connectivity index (χ0n) is 11.0. The van der Waals surface area contributed by atoms with Crippen LogP contribution in [-0.2, 0) is 4.79 Å². The first-order chi connectivity index (χ1) is 9.52. The molecule has 2 heterocycles. The van der Waals surface area contributed by atoms with Crippen LogP contribution in [0.4, 0.5) is 0 Å². The fourth-order valence-corrected chi connectivity index (χ4v) is 2.87. The lowest BCUT2D eigenvalue weighted by Gasteiger charge is -2.33. The van der Waals surface area contributed by atoms with Crippen molar-refractivity contribution in [3.63, 3.8) is 0 Å². The van der Waals surface area contributed by atoms with Crippen LogP contribution in [0.3, 0.4) is 0 Å². The minimum atomic E-state index is -0.629. The lowest BCUT2D eigenvalue weighted by molar-refractivity contribution is -0.130. The van der Waals surface area contributed by atoms with Crippen molar-refractivity contribution < 1.29 is 19.6 Å². The highest BCUT2D eigenvalue weighted by molar-refractivity contribution is 7.15. The number of hydroxylamine groups is 1. The first-order valence-electron chi connectivity index (χ1n) is 6.12. The summed E-state index contributed by atoms with van der Waals surface area (Å²) in [5.41, 5.74) is 1.53. The molecule has 2 rings (SSSR count). The summed E-state index contributed by atoms with van der Waals surface area (Å²) in [4.78, 5) is 38.8. The molecule has 3 amide bonds. The van der Waals surface area contributed by atoms with Gasteiger partial charge < -0.3 is 9.80 Å². The molecule has 1 fully saturated rings. The van der Waals surface area contributed by atoms with E-state index in [1.165, 1.54) is 18.5 Å². The number of nitrogens with zero attached hydrogens (tertiary/aromatic N) is 2. The molecule has 20 heavy (non-hydrogen) atoms. The Balaban J connectivity index is 2.00. The van der Waals surface area contributed by atoms with Gasteiger partial charge in [0.15, 0.2) is 0 Å². The van der Waals surface area contributed by atoms with Crippen LogP contribution in [0.1, 0.15) is 26.3 Å². The van der Waals surface area contributed by atoms with Crippen molar-refractivity contribution >= 4 is 29.1 Å². The molecule has 8 heteroatoms. The van der Waals surface area contributed by atoms with Crippen LogP contribution < -0.4 is 5.48 Å². The maximum atomic E-state index is 12.2. The molecule has 0 bridgehead atoms. The molecule has 1 aromatic rings. The maximum absolute atomic E-state index is 12.2. The van der Waals surface area contributed by atoms with Crippen LogP contribution in [0.25, 0.3) is 0 Å². The Labute approximate surface area is 119 Å². The Bertz CT molecular complexity index is 535. The van der Waals surface area contributed by atoms with E-state index in [1.54, 1.807) is 15.9 Å². The van der Waals surface area contributed by atoms with Gasteiger partial charge in [-0.05, 0) is 12.1 Å². The Morgan fingerprint density at radius 3 is 2.20 bits per heavy atom. The standard InChI is InChI=1S/C12H15N3O4S/c1-8(16)14-4-6-15(7-5-14)12(18)10-3-2-9(20-10)11(17)13-19/h2-3,19H,4-7H2,1H3,(H,13,17). The number of carbonyl (C=O) groups excluding carboxylic acids is 3. The number of rotatable bonds is 2. The van der Waals surface area contributed by atoms with Crippen LogP contribution in [0.2, 0.25) is 0 Å². The smallest absolute Gasteiger partial charge is 0.284 e. The number of hydrogen-bond donors (Lipinski definition) is 2. The maximum Gasteiger partial charge on any atom is 0.284 e. The lowest BCUT2D eigenvalue weighted by Crippen LogP contribution is -2.49. The molecule has 0 aliphatic carbocycles. The lowest BCUT2D eigenvalue weighted by atomic mass is 10.3. The zero-order valence-corrected chi connectivity index (χ0v) is 11.8. The van der Waals surface area contributed by atoms with E-state index in [2.05, 4.69) is 0 Å². The van der Waals surface area contributed by atoms with Gasteiger partial charge in [-0.3, -0.25) is 19.6 Å². The molecule has 1 saturated heterocycles. The Morgan fingerprint density at radius 1 is 1.10 bits per heavy atom. The minimum Gasteiger partial charge on any atom is -0.339 e. The van der Waals surface area contributed by atoms with E-state index in [9.17, 15) is 14.4 Å². The van der Waals surface area contributed by atoms with Crippen LogP contribution in [-0.4, -0.2) is 58.9 Å². The van der Waals surface area contributed by atoms with Gasteiger partial charge in [0.05, 0.1) is 9.75 Å². The number of amides is 3. The fraction of sp³-hybridized carbons (Fsp3) is 0.417. The van der Waals surface area contributed by atoms with Crippen molar-refractivity contribution in [1.82, 2.24) is 15.3 Å². The monoisotopic (exact) mass is 297 g/mol. The molecule has 0 aromatic carbocycles. The first-order valence-corrected chi connectivity index (χ1v) is 6.93. The van der Waals surface area contributed by atoms with E-state index >= 15 is 0 Å². The zero-order chi connectivity index (χ0) is 14.7. The van der Waals surface area contributed by atoms with Crippen LogP contribution >= 0.6 is 11.3 Å². The molecule has 1 aliphatic rings. The van der Waals surface area contributed by atoms with Crippen molar-refractivity contribution in [2.75, 3.05) is 26.2 Å². The number of nitrogens with one attached hydrogen (secondary N) is 1. The van der Waals surface area contributed by atoms with Gasteiger partial charge in [0.25, 0.3) is 11.8 Å². The molecule has 108 valence electrons. The highest BCUT2D eigenvalue weighted by atomic mass is 32.1. The Morgan fingerprint density at radius 2 is 1.65 bits per heavy atom. The summed E-state index contributed by atoms with van der Waals surface area (Å²) in [6.45, 7) is 3.53. The van der Waals surface area contributed by atoms with Crippen molar-refractivity contribution in [2.24, 2.45) is 0 Å². The normalized spacial score (nSPS) is 15.1. The summed E-state index contributed by atoms with van der Waals surface area (Å²) >= 11 is 1.03. The Hall–Kier alpha value is -1.93. The van der Waals surface area contributed by atoms with Crippen LogP contribution in [0, 0.1) is 0 Å². The summed E-state index contributed by atoms with van der Waals surface area (Å²) in [5, 5.41) is 8.54. The second kappa shape index (κ2) is 6.02. The van der Waals surface area contributed by atoms with Gasteiger partial charge >= 0.3 is 0 Å². The summed E-state index contributed by atoms with van der Waals surface area (Å²) in [5.74, 6) is -0.777. The van der Waals surface area contributed by atoms with E-state index in [0.717, 1.165) is 11.3 Å². The van der Waals surface area contributed by atoms with Crippen LogP contribution in [0.5, 0.6) is 0 Å². The second-order valence-corrected chi connectivity index (χ2v) is 5.49. The molecule has 2 N–H and O–H groups in total. The van der Waals surface area contributed by atoms with E-state index in [4.69, 9.17) is 5.21 Å². The largest absolute Gasteiger partial charge is 0.339 e. The van der Waals surface area contributed by atoms with Gasteiger partial charge in [-0.25, -0.2) is 5.48 Å². The Kier molecular flexibility index (Phi) is 4.35. The van der Waals surface area contributed by atoms with Crippen molar-refractivity contribution in [1.29, 1.82) is 0 Å². The summed E-state index contributed by atoms with van der Waals surface area (Å²) in [6, 6.07) is 3.06. The van der Waals surface area contributed by atoms with Gasteiger partial charge in [-0.15, -0.1) is 11.3 Å². The number of thiophene rings is 1. The highest BCUT2D eigenvalue weighted by Gasteiger charge is 2.24. The summed E-state index contributed by atoms with van der Waals surface area (Å²) in [7, 11) is 0. The summed E-state index contributed by atoms with van der Waals surface area (Å²) < 4.78 is 0. The van der Waals surface area contributed by atoms with Gasteiger partial charge in [0.2, 0.25) is 5.91 Å². The van der Waals surface area contributed by atoms with Crippen molar-refractivity contribution in [3.05, 3.63) is 21.9 Å². The van der Waals surface area contributed by atoms with Crippen LogP contribution in [0.15, 0.2) is 12.1 Å². The topological polar surface area (TPSA) is 90.0 Å². The third-order valence-corrected chi connectivity index (χ3v) is 4.23. The SMILES string of the molecule is CC(=O)N1CCN(C(=O)c2ccc(C(=O)NO)s2)CC1. The molecular weight excluding hydrogens is 282 g/mol. The molecular formula is C12H15N3O4S. The first kappa shape index (κ1) is 14.5. The number of hydrogen-bond acceptors (Lipinski definition) is 5. The fourth-order valence-electron chi connectivity index (χ4n) is 2.01. The average Bonchev–Trinajstić information content (AvgIpc) is 2.95. The van der Waals surface area contributed by atoms with E-state index in [1.807, 2.05) is 0 Å². The molecule has 0 saturated carbocycles. The summed E-state index contributed by atoms with van der Waals surface area (Å²) in [6.07, 6.45) is 0. The molecule has 0 unspecified atom stereocenters. The second-order valence-electron chi connectivity index (χ2n) is 4.40. The van der Waals surface area contributed by atoms with Crippen molar-refractivity contribution in [3.8, 4) is 0 Å². The van der Waals surface area contributed by atoms with Crippen molar-refractivity contribution in [2.45, 2.75) is 6.92 Å². The van der Waals surface area contributed by atoms with E-state index in [-0.39, 0.29) is 16.7 Å². The van der Waals surface area contributed by atoms with Gasteiger partial charge in [0, 0.05) is 33.1 Å². The molecule has 0 spiro atoms. The third-order valence-electron chi connectivity index (χ3n) is 3.15. The highest BCUT2D eigenvalue weighted by Crippen LogP contribution is 2.19. The third kappa shape index (κ3) is 2.97. The number of piperazine rings is 1. The van der Waals surface area contributed by atoms with E-state index in [0.29, 0.717) is 31.1 Å². The van der Waals surface area contributed by atoms with Gasteiger partial charge in [0.1, 0.15) is 0 Å². The predicted molar refractivity (Wildman–Crippen MR) is 71.7 cm³/mol. The number of carbonyl (C=O) groups is 3. The molecule has 7 nitrogen and oxygen atoms in total. The molecule has 1 aromatic heterocycles. The van der Waals surface area contributed by atoms with E-state index < -0.39 is 5.91 Å².